The van der Waals surface area contributed by atoms with Gasteiger partial charge in [-0.25, -0.2) is 0 Å². The minimum absolute atomic E-state index is 0.119. The Balaban J connectivity index is 1.76. The van der Waals surface area contributed by atoms with Crippen LogP contribution in [0.5, 0.6) is 5.75 Å². The maximum atomic E-state index is 12.2. The third-order valence-corrected chi connectivity index (χ3v) is 3.36. The fourth-order valence-corrected chi connectivity index (χ4v) is 2.52. The van der Waals surface area contributed by atoms with Crippen molar-refractivity contribution in [1.82, 2.24) is 4.98 Å². The maximum Gasteiger partial charge on any atom is 0.387 e. The lowest BCUT2D eigenvalue weighted by Gasteiger charge is -2.15. The highest BCUT2D eigenvalue weighted by atomic mass is 19.3. The first-order chi connectivity index (χ1) is 9.72. The first kappa shape index (κ1) is 12.8. The molecule has 1 heterocycles. The summed E-state index contributed by atoms with van der Waals surface area (Å²) in [6.45, 7) is -2.81. The van der Waals surface area contributed by atoms with Crippen LogP contribution in [0.25, 0.3) is 0 Å². The number of anilines is 1. The van der Waals surface area contributed by atoms with E-state index in [1.54, 1.807) is 18.3 Å². The van der Waals surface area contributed by atoms with Gasteiger partial charge in [-0.15, -0.1) is 0 Å². The van der Waals surface area contributed by atoms with Gasteiger partial charge in [-0.2, -0.15) is 8.78 Å². The number of pyridine rings is 1. The second-order valence-electron chi connectivity index (χ2n) is 4.69. The number of aryl methyl sites for hydroxylation is 1. The Bertz CT molecular complexity index is 604. The molecule has 20 heavy (non-hydrogen) atoms. The van der Waals surface area contributed by atoms with Gasteiger partial charge in [-0.3, -0.25) is 4.98 Å². The lowest BCUT2D eigenvalue weighted by Crippen LogP contribution is -2.09. The Morgan fingerprint density at radius 2 is 2.15 bits per heavy atom. The van der Waals surface area contributed by atoms with Crippen molar-refractivity contribution in [1.29, 1.82) is 0 Å². The summed E-state index contributed by atoms with van der Waals surface area (Å²) in [6, 6.07) is 10.7. The van der Waals surface area contributed by atoms with E-state index < -0.39 is 6.61 Å². The van der Waals surface area contributed by atoms with E-state index in [-0.39, 0.29) is 11.8 Å². The van der Waals surface area contributed by atoms with Crippen molar-refractivity contribution in [3.63, 3.8) is 0 Å². The highest BCUT2D eigenvalue weighted by molar-refractivity contribution is 5.50. The molecule has 0 aliphatic heterocycles. The molecule has 0 spiro atoms. The van der Waals surface area contributed by atoms with Gasteiger partial charge in [-0.05, 0) is 36.6 Å². The molecule has 1 atom stereocenters. The van der Waals surface area contributed by atoms with E-state index in [2.05, 4.69) is 21.1 Å². The number of benzene rings is 1. The molecule has 2 aromatic rings. The van der Waals surface area contributed by atoms with Gasteiger partial charge in [0, 0.05) is 18.0 Å². The summed E-state index contributed by atoms with van der Waals surface area (Å²) in [6.07, 6.45) is 3.70. The maximum absolute atomic E-state index is 12.2. The molecule has 1 aliphatic carbocycles. The number of hydrogen-bond donors (Lipinski definition) is 1. The predicted octanol–water partition coefficient (Wildman–Crippen LogP) is 3.78. The number of ether oxygens (including phenoxy) is 1. The van der Waals surface area contributed by atoms with E-state index in [1.165, 1.54) is 11.6 Å². The lowest BCUT2D eigenvalue weighted by atomic mass is 10.2. The molecule has 0 saturated carbocycles. The molecule has 3 nitrogen and oxygen atoms in total. The van der Waals surface area contributed by atoms with Crippen molar-refractivity contribution < 1.29 is 13.5 Å². The molecule has 0 bridgehead atoms. The van der Waals surface area contributed by atoms with Crippen LogP contribution in [-0.4, -0.2) is 11.6 Å². The van der Waals surface area contributed by atoms with Crippen LogP contribution in [0.4, 0.5) is 14.5 Å². The molecule has 1 N–H and O–H groups in total. The number of fused-ring (bicyclic) bond motifs is 1. The normalized spacial score (nSPS) is 17.1. The van der Waals surface area contributed by atoms with Crippen molar-refractivity contribution in [3.8, 4) is 5.75 Å². The number of hydrogen-bond acceptors (Lipinski definition) is 3. The van der Waals surface area contributed by atoms with Gasteiger partial charge >= 0.3 is 6.61 Å². The molecule has 1 aromatic carbocycles. The molecule has 104 valence electrons. The summed E-state index contributed by atoms with van der Waals surface area (Å²) in [5.74, 6) is 0.157. The van der Waals surface area contributed by atoms with Gasteiger partial charge in [0.2, 0.25) is 0 Å². The Kier molecular flexibility index (Phi) is 3.50. The minimum Gasteiger partial charge on any atom is -0.435 e. The Hall–Kier alpha value is -2.17. The highest BCUT2D eigenvalue weighted by Crippen LogP contribution is 2.32. The average molecular weight is 276 g/mol. The minimum atomic E-state index is -2.81. The van der Waals surface area contributed by atoms with Crippen molar-refractivity contribution in [2.45, 2.75) is 25.5 Å². The first-order valence-corrected chi connectivity index (χ1v) is 6.47. The first-order valence-electron chi connectivity index (χ1n) is 6.47. The molecule has 1 unspecified atom stereocenters. The van der Waals surface area contributed by atoms with Crippen LogP contribution in [0.15, 0.2) is 42.6 Å². The van der Waals surface area contributed by atoms with Crippen LogP contribution in [0, 0.1) is 0 Å². The molecule has 1 aliphatic rings. The summed E-state index contributed by atoms with van der Waals surface area (Å²) >= 11 is 0. The Morgan fingerprint density at radius 3 is 3.00 bits per heavy atom. The third-order valence-electron chi connectivity index (χ3n) is 3.36. The lowest BCUT2D eigenvalue weighted by molar-refractivity contribution is -0.0498. The molecule has 1 aromatic heterocycles. The van der Waals surface area contributed by atoms with Crippen LogP contribution in [0.2, 0.25) is 0 Å². The number of rotatable bonds is 4. The standard InChI is InChI=1S/C15H14F2N2O/c16-15(17)20-12-5-1-4-11(9-12)19-13-7-6-10-3-2-8-18-14(10)13/h1-5,8-9,13,15,19H,6-7H2. The van der Waals surface area contributed by atoms with E-state index in [4.69, 9.17) is 0 Å². The predicted molar refractivity (Wildman–Crippen MR) is 72.0 cm³/mol. The van der Waals surface area contributed by atoms with E-state index in [9.17, 15) is 8.78 Å². The van der Waals surface area contributed by atoms with Gasteiger partial charge in [0.05, 0.1) is 11.7 Å². The molecule has 0 saturated heterocycles. The van der Waals surface area contributed by atoms with Gasteiger partial charge < -0.3 is 10.1 Å². The molecule has 0 amide bonds. The summed E-state index contributed by atoms with van der Waals surface area (Å²) in [5.41, 5.74) is 3.03. The third kappa shape index (κ3) is 2.71. The largest absolute Gasteiger partial charge is 0.435 e. The van der Waals surface area contributed by atoms with E-state index in [0.717, 1.165) is 24.2 Å². The average Bonchev–Trinajstić information content (AvgIpc) is 2.82. The van der Waals surface area contributed by atoms with E-state index in [0.29, 0.717) is 0 Å². The van der Waals surface area contributed by atoms with Crippen molar-refractivity contribution in [2.24, 2.45) is 0 Å². The second-order valence-corrected chi connectivity index (χ2v) is 4.69. The molecule has 3 rings (SSSR count). The zero-order valence-corrected chi connectivity index (χ0v) is 10.7. The highest BCUT2D eigenvalue weighted by Gasteiger charge is 2.23. The van der Waals surface area contributed by atoms with Crippen LogP contribution in [0.1, 0.15) is 23.7 Å². The summed E-state index contributed by atoms with van der Waals surface area (Å²) < 4.78 is 28.8. The molecular weight excluding hydrogens is 262 g/mol. The summed E-state index contributed by atoms with van der Waals surface area (Å²) in [7, 11) is 0. The Morgan fingerprint density at radius 1 is 1.25 bits per heavy atom. The van der Waals surface area contributed by atoms with Gasteiger partial charge in [-0.1, -0.05) is 12.1 Å². The fraction of sp³-hybridized carbons (Fsp3) is 0.267. The SMILES string of the molecule is FC(F)Oc1cccc(NC2CCc3cccnc32)c1. The molecular formula is C15H14F2N2O. The Labute approximate surface area is 115 Å². The molecule has 5 heteroatoms. The number of aromatic nitrogens is 1. The zero-order chi connectivity index (χ0) is 13.9. The van der Waals surface area contributed by atoms with Crippen LogP contribution in [-0.2, 0) is 6.42 Å². The van der Waals surface area contributed by atoms with Crippen molar-refractivity contribution in [3.05, 3.63) is 53.9 Å². The summed E-state index contributed by atoms with van der Waals surface area (Å²) in [4.78, 5) is 4.39. The van der Waals surface area contributed by atoms with Crippen molar-refractivity contribution in [2.75, 3.05) is 5.32 Å². The van der Waals surface area contributed by atoms with E-state index in [1.807, 2.05) is 12.1 Å². The second kappa shape index (κ2) is 5.45. The number of nitrogens with zero attached hydrogens (tertiary/aromatic N) is 1. The number of alkyl halides is 2. The van der Waals surface area contributed by atoms with Crippen LogP contribution < -0.4 is 10.1 Å². The quantitative estimate of drug-likeness (QED) is 0.922. The summed E-state index contributed by atoms with van der Waals surface area (Å²) in [5, 5.41) is 3.32. The molecule has 0 fully saturated rings. The van der Waals surface area contributed by atoms with Crippen LogP contribution >= 0.6 is 0 Å². The number of halogens is 2. The van der Waals surface area contributed by atoms with Gasteiger partial charge in [0.1, 0.15) is 5.75 Å². The smallest absolute Gasteiger partial charge is 0.387 e. The monoisotopic (exact) mass is 276 g/mol. The van der Waals surface area contributed by atoms with Gasteiger partial charge in [0.25, 0.3) is 0 Å². The van der Waals surface area contributed by atoms with E-state index >= 15 is 0 Å². The van der Waals surface area contributed by atoms with Gasteiger partial charge in [0.15, 0.2) is 0 Å². The zero-order valence-electron chi connectivity index (χ0n) is 10.7. The fourth-order valence-electron chi connectivity index (χ4n) is 2.52. The van der Waals surface area contributed by atoms with Crippen LogP contribution in [0.3, 0.4) is 0 Å². The number of nitrogens with one attached hydrogen (secondary N) is 1. The van der Waals surface area contributed by atoms with Crippen molar-refractivity contribution >= 4 is 5.69 Å². The topological polar surface area (TPSA) is 34.1 Å². The molecule has 0 radical (unpaired) electrons.